The van der Waals surface area contributed by atoms with Crippen molar-refractivity contribution in [2.75, 3.05) is 7.05 Å². The highest BCUT2D eigenvalue weighted by molar-refractivity contribution is 5.43. The van der Waals surface area contributed by atoms with E-state index in [1.807, 2.05) is 26.1 Å². The minimum absolute atomic E-state index is 0.0630. The quantitative estimate of drug-likeness (QED) is 0.660. The number of rotatable bonds is 4. The predicted molar refractivity (Wildman–Crippen MR) is 73.8 cm³/mol. The fraction of sp³-hybridized carbons (Fsp3) is 0.571. The molecule has 0 spiro atoms. The summed E-state index contributed by atoms with van der Waals surface area (Å²) < 4.78 is 0. The van der Waals surface area contributed by atoms with Crippen LogP contribution in [0.2, 0.25) is 0 Å². The highest BCUT2D eigenvalue weighted by atomic mass is 16.6. The highest BCUT2D eigenvalue weighted by Gasteiger charge is 2.26. The van der Waals surface area contributed by atoms with E-state index in [9.17, 15) is 10.1 Å². The van der Waals surface area contributed by atoms with Crippen molar-refractivity contribution in [2.45, 2.75) is 40.2 Å². The van der Waals surface area contributed by atoms with Crippen molar-refractivity contribution in [3.8, 4) is 0 Å². The van der Waals surface area contributed by atoms with Gasteiger partial charge in [0.15, 0.2) is 0 Å². The molecule has 0 fully saturated rings. The number of benzene rings is 1. The van der Waals surface area contributed by atoms with E-state index < -0.39 is 0 Å². The standard InChI is InChI=1S/C14H22N2O2/c1-10-6-7-11(12(8-10)16(17)18)9-13(15-5)14(2,3)4/h6-8,13,15H,9H2,1-5H3. The molecule has 1 N–H and O–H groups in total. The molecule has 100 valence electrons. The smallest absolute Gasteiger partial charge is 0.272 e. The number of likely N-dealkylation sites (N-methyl/N-ethyl adjacent to an activating group) is 1. The Morgan fingerprint density at radius 2 is 2.00 bits per heavy atom. The second-order valence-electron chi connectivity index (χ2n) is 5.80. The third-order valence-corrected chi connectivity index (χ3v) is 3.26. The summed E-state index contributed by atoms with van der Waals surface area (Å²) in [5.74, 6) is 0. The molecular formula is C14H22N2O2. The van der Waals surface area contributed by atoms with Crippen molar-refractivity contribution in [1.29, 1.82) is 0 Å². The molecule has 4 heteroatoms. The Morgan fingerprint density at radius 1 is 1.39 bits per heavy atom. The number of nitro groups is 1. The molecule has 4 nitrogen and oxygen atoms in total. The molecule has 1 atom stereocenters. The average Bonchev–Trinajstić information content (AvgIpc) is 2.25. The number of nitrogens with zero attached hydrogens (tertiary/aromatic N) is 1. The molecule has 1 aromatic carbocycles. The van der Waals surface area contributed by atoms with E-state index >= 15 is 0 Å². The molecule has 1 unspecified atom stereocenters. The van der Waals surface area contributed by atoms with Crippen LogP contribution in [0.15, 0.2) is 18.2 Å². The van der Waals surface area contributed by atoms with Crippen LogP contribution in [0.25, 0.3) is 0 Å². The Labute approximate surface area is 109 Å². The topological polar surface area (TPSA) is 55.2 Å². The van der Waals surface area contributed by atoms with Crippen LogP contribution in [-0.2, 0) is 6.42 Å². The summed E-state index contributed by atoms with van der Waals surface area (Å²) in [6, 6.07) is 5.64. The summed E-state index contributed by atoms with van der Waals surface area (Å²) in [6.45, 7) is 8.27. The fourth-order valence-corrected chi connectivity index (χ4v) is 2.08. The lowest BCUT2D eigenvalue weighted by atomic mass is 9.83. The highest BCUT2D eigenvalue weighted by Crippen LogP contribution is 2.27. The maximum Gasteiger partial charge on any atom is 0.272 e. The monoisotopic (exact) mass is 250 g/mol. The van der Waals surface area contributed by atoms with Crippen molar-refractivity contribution in [3.05, 3.63) is 39.4 Å². The molecule has 0 saturated carbocycles. The third-order valence-electron chi connectivity index (χ3n) is 3.26. The molecule has 0 aliphatic heterocycles. The first-order chi connectivity index (χ1) is 8.25. The molecule has 0 saturated heterocycles. The molecule has 0 amide bonds. The van der Waals surface area contributed by atoms with Crippen LogP contribution in [0.5, 0.6) is 0 Å². The van der Waals surface area contributed by atoms with Gasteiger partial charge in [0, 0.05) is 17.7 Å². The van der Waals surface area contributed by atoms with Gasteiger partial charge in [0.2, 0.25) is 0 Å². The Kier molecular flexibility index (Phi) is 4.46. The number of hydrogen-bond donors (Lipinski definition) is 1. The van der Waals surface area contributed by atoms with Gasteiger partial charge < -0.3 is 5.32 Å². The lowest BCUT2D eigenvalue weighted by Gasteiger charge is -2.30. The maximum absolute atomic E-state index is 11.1. The first-order valence-corrected chi connectivity index (χ1v) is 6.17. The van der Waals surface area contributed by atoms with Gasteiger partial charge in [-0.05, 0) is 31.4 Å². The van der Waals surface area contributed by atoms with Gasteiger partial charge in [-0.1, -0.05) is 32.9 Å². The molecule has 0 bridgehead atoms. The van der Waals surface area contributed by atoms with Gasteiger partial charge >= 0.3 is 0 Å². The van der Waals surface area contributed by atoms with Crippen molar-refractivity contribution in [1.82, 2.24) is 5.32 Å². The summed E-state index contributed by atoms with van der Waals surface area (Å²) >= 11 is 0. The van der Waals surface area contributed by atoms with E-state index in [1.165, 1.54) is 0 Å². The van der Waals surface area contributed by atoms with Crippen LogP contribution in [0.4, 0.5) is 5.69 Å². The van der Waals surface area contributed by atoms with Crippen molar-refractivity contribution < 1.29 is 4.92 Å². The van der Waals surface area contributed by atoms with Crippen molar-refractivity contribution >= 4 is 5.69 Å². The van der Waals surface area contributed by atoms with Crippen molar-refractivity contribution in [2.24, 2.45) is 5.41 Å². The number of hydrogen-bond acceptors (Lipinski definition) is 3. The van der Waals surface area contributed by atoms with Crippen LogP contribution in [0.3, 0.4) is 0 Å². The first-order valence-electron chi connectivity index (χ1n) is 6.17. The van der Waals surface area contributed by atoms with Gasteiger partial charge in [-0.15, -0.1) is 0 Å². The lowest BCUT2D eigenvalue weighted by Crippen LogP contribution is -2.39. The summed E-state index contributed by atoms with van der Waals surface area (Å²) in [4.78, 5) is 10.8. The normalized spacial score (nSPS) is 13.4. The van der Waals surface area contributed by atoms with Crippen LogP contribution < -0.4 is 5.32 Å². The average molecular weight is 250 g/mol. The zero-order valence-electron chi connectivity index (χ0n) is 11.8. The zero-order valence-corrected chi connectivity index (χ0v) is 11.8. The molecular weight excluding hydrogens is 228 g/mol. The van der Waals surface area contributed by atoms with E-state index in [-0.39, 0.29) is 22.1 Å². The van der Waals surface area contributed by atoms with E-state index in [0.29, 0.717) is 6.42 Å². The van der Waals surface area contributed by atoms with Crippen LogP contribution in [0, 0.1) is 22.5 Å². The summed E-state index contributed by atoms with van der Waals surface area (Å²) in [5.41, 5.74) is 2.00. The molecule has 1 rings (SSSR count). The largest absolute Gasteiger partial charge is 0.316 e. The van der Waals surface area contributed by atoms with E-state index in [2.05, 4.69) is 26.1 Å². The summed E-state index contributed by atoms with van der Waals surface area (Å²) in [6.07, 6.45) is 0.663. The molecule has 1 aromatic rings. The van der Waals surface area contributed by atoms with Gasteiger partial charge in [-0.3, -0.25) is 10.1 Å². The Morgan fingerprint density at radius 3 is 2.44 bits per heavy atom. The Balaban J connectivity index is 3.07. The molecule has 18 heavy (non-hydrogen) atoms. The van der Waals surface area contributed by atoms with Crippen molar-refractivity contribution in [3.63, 3.8) is 0 Å². The second kappa shape index (κ2) is 5.48. The summed E-state index contributed by atoms with van der Waals surface area (Å²) in [5, 5.41) is 14.3. The zero-order chi connectivity index (χ0) is 13.9. The number of nitro benzene ring substituents is 1. The van der Waals surface area contributed by atoms with E-state index in [4.69, 9.17) is 0 Å². The third kappa shape index (κ3) is 3.53. The first kappa shape index (κ1) is 14.6. The van der Waals surface area contributed by atoms with Gasteiger partial charge in [0.05, 0.1) is 4.92 Å². The minimum Gasteiger partial charge on any atom is -0.316 e. The fourth-order valence-electron chi connectivity index (χ4n) is 2.08. The molecule has 0 aromatic heterocycles. The van der Waals surface area contributed by atoms with Crippen LogP contribution in [-0.4, -0.2) is 18.0 Å². The van der Waals surface area contributed by atoms with Crippen LogP contribution in [0.1, 0.15) is 31.9 Å². The Hall–Kier alpha value is -1.42. The molecule has 0 radical (unpaired) electrons. The Bertz CT molecular complexity index is 436. The lowest BCUT2D eigenvalue weighted by molar-refractivity contribution is -0.385. The maximum atomic E-state index is 11.1. The summed E-state index contributed by atoms with van der Waals surface area (Å²) in [7, 11) is 1.90. The molecule has 0 heterocycles. The van der Waals surface area contributed by atoms with Gasteiger partial charge in [0.25, 0.3) is 5.69 Å². The van der Waals surface area contributed by atoms with Gasteiger partial charge in [0.1, 0.15) is 0 Å². The molecule has 0 aliphatic rings. The van der Waals surface area contributed by atoms with Gasteiger partial charge in [-0.2, -0.15) is 0 Å². The van der Waals surface area contributed by atoms with E-state index in [1.54, 1.807) is 6.07 Å². The van der Waals surface area contributed by atoms with E-state index in [0.717, 1.165) is 11.1 Å². The van der Waals surface area contributed by atoms with Crippen LogP contribution >= 0.6 is 0 Å². The second-order valence-corrected chi connectivity index (χ2v) is 5.80. The molecule has 0 aliphatic carbocycles. The predicted octanol–water partition coefficient (Wildman–Crippen LogP) is 3.08. The number of aryl methyl sites for hydroxylation is 1. The minimum atomic E-state index is -0.294. The number of nitrogens with one attached hydrogen (secondary N) is 1. The SMILES string of the molecule is CNC(Cc1ccc(C)cc1[N+](=O)[O-])C(C)(C)C. The van der Waals surface area contributed by atoms with Gasteiger partial charge in [-0.25, -0.2) is 0 Å².